The molecule has 30 heavy (non-hydrogen) atoms. The number of fused-ring (bicyclic) bond motifs is 2. The van der Waals surface area contributed by atoms with Gasteiger partial charge in [0.05, 0.1) is 23.4 Å². The van der Waals surface area contributed by atoms with Crippen molar-refractivity contribution in [3.63, 3.8) is 0 Å². The van der Waals surface area contributed by atoms with Crippen LogP contribution in [0.1, 0.15) is 31.2 Å². The number of benzene rings is 1. The maximum Gasteiger partial charge on any atom is 0.256 e. The van der Waals surface area contributed by atoms with Gasteiger partial charge in [0, 0.05) is 24.8 Å². The highest BCUT2D eigenvalue weighted by atomic mass is 16.1. The molecule has 1 aromatic carbocycles. The number of nitrogens with zero attached hydrogens (tertiary/aromatic N) is 4. The Morgan fingerprint density at radius 3 is 2.93 bits per heavy atom. The molecular weight excluding hydrogens is 376 g/mol. The standard InChI is InChI=1S/C23H22N6O/c24-10-8-19(16-2-1-3-16)26-13-15-4-6-20-17(12-15)5-7-21(30)29(20)23-18-9-11-25-22(18)27-14-28-23/h4-7,9,11-12,14,16,19,26H,1-3,8,13H2,(H,25,27,28). The first kappa shape index (κ1) is 18.5. The van der Waals surface area contributed by atoms with Gasteiger partial charge in [-0.3, -0.25) is 9.36 Å². The van der Waals surface area contributed by atoms with E-state index in [1.807, 2.05) is 24.3 Å². The topological polar surface area (TPSA) is 99.4 Å². The number of pyridine rings is 1. The van der Waals surface area contributed by atoms with E-state index in [2.05, 4.69) is 32.4 Å². The van der Waals surface area contributed by atoms with Gasteiger partial charge in [-0.1, -0.05) is 12.5 Å². The zero-order valence-corrected chi connectivity index (χ0v) is 16.5. The van der Waals surface area contributed by atoms with Crippen LogP contribution in [0.2, 0.25) is 0 Å². The third-order valence-electron chi connectivity index (χ3n) is 6.10. The Balaban J connectivity index is 1.49. The Kier molecular flexibility index (Phi) is 4.77. The molecule has 3 aromatic heterocycles. The van der Waals surface area contributed by atoms with Gasteiger partial charge in [-0.05, 0) is 54.0 Å². The first-order chi connectivity index (χ1) is 14.7. The van der Waals surface area contributed by atoms with Crippen LogP contribution in [-0.4, -0.2) is 25.6 Å². The highest BCUT2D eigenvalue weighted by Crippen LogP contribution is 2.31. The fourth-order valence-corrected chi connectivity index (χ4v) is 4.26. The second-order valence-electron chi connectivity index (χ2n) is 7.88. The molecule has 0 aliphatic heterocycles. The summed E-state index contributed by atoms with van der Waals surface area (Å²) in [6, 6.07) is 14.0. The number of nitrogens with one attached hydrogen (secondary N) is 2. The van der Waals surface area contributed by atoms with Crippen LogP contribution in [0.4, 0.5) is 0 Å². The van der Waals surface area contributed by atoms with E-state index < -0.39 is 0 Å². The van der Waals surface area contributed by atoms with Crippen LogP contribution in [0, 0.1) is 17.2 Å². The van der Waals surface area contributed by atoms with Gasteiger partial charge in [-0.15, -0.1) is 0 Å². The normalized spacial score (nSPS) is 15.2. The predicted molar refractivity (Wildman–Crippen MR) is 115 cm³/mol. The average Bonchev–Trinajstić information content (AvgIpc) is 3.20. The highest BCUT2D eigenvalue weighted by Gasteiger charge is 2.26. The van der Waals surface area contributed by atoms with E-state index in [0.717, 1.165) is 21.9 Å². The van der Waals surface area contributed by atoms with Crippen LogP contribution >= 0.6 is 0 Å². The van der Waals surface area contributed by atoms with Gasteiger partial charge >= 0.3 is 0 Å². The van der Waals surface area contributed by atoms with Crippen molar-refractivity contribution in [3.8, 4) is 11.9 Å². The Labute approximate surface area is 173 Å². The summed E-state index contributed by atoms with van der Waals surface area (Å²) in [6.07, 6.45) is 7.47. The molecule has 1 fully saturated rings. The van der Waals surface area contributed by atoms with E-state index in [1.54, 1.807) is 16.8 Å². The van der Waals surface area contributed by atoms with Crippen LogP contribution in [0.15, 0.2) is 53.7 Å². The second-order valence-corrected chi connectivity index (χ2v) is 7.88. The van der Waals surface area contributed by atoms with Crippen LogP contribution < -0.4 is 10.9 Å². The van der Waals surface area contributed by atoms with E-state index in [9.17, 15) is 4.79 Å². The number of hydrogen-bond acceptors (Lipinski definition) is 5. The molecule has 1 saturated carbocycles. The fourth-order valence-electron chi connectivity index (χ4n) is 4.26. The summed E-state index contributed by atoms with van der Waals surface area (Å²) in [5, 5.41) is 14.5. The summed E-state index contributed by atoms with van der Waals surface area (Å²) in [4.78, 5) is 24.4. The molecule has 1 aliphatic rings. The predicted octanol–water partition coefficient (Wildman–Crippen LogP) is 3.43. The van der Waals surface area contributed by atoms with Gasteiger partial charge in [-0.25, -0.2) is 9.97 Å². The first-order valence-corrected chi connectivity index (χ1v) is 10.3. The maximum atomic E-state index is 12.7. The summed E-state index contributed by atoms with van der Waals surface area (Å²) >= 11 is 0. The summed E-state index contributed by atoms with van der Waals surface area (Å²) in [5.74, 6) is 1.18. The van der Waals surface area contributed by atoms with Crippen molar-refractivity contribution in [2.45, 2.75) is 38.3 Å². The van der Waals surface area contributed by atoms with E-state index in [-0.39, 0.29) is 11.6 Å². The smallest absolute Gasteiger partial charge is 0.256 e. The van der Waals surface area contributed by atoms with E-state index in [0.29, 0.717) is 30.3 Å². The van der Waals surface area contributed by atoms with E-state index >= 15 is 0 Å². The summed E-state index contributed by atoms with van der Waals surface area (Å²) in [7, 11) is 0. The van der Waals surface area contributed by atoms with Crippen molar-refractivity contribution in [1.29, 1.82) is 5.26 Å². The lowest BCUT2D eigenvalue weighted by atomic mass is 9.78. The molecule has 0 amide bonds. The number of H-pyrrole nitrogens is 1. The molecule has 0 spiro atoms. The van der Waals surface area contributed by atoms with E-state index in [1.165, 1.54) is 25.6 Å². The number of rotatable bonds is 6. The molecule has 0 radical (unpaired) electrons. The summed E-state index contributed by atoms with van der Waals surface area (Å²) in [5.41, 5.74) is 2.50. The molecule has 0 saturated heterocycles. The summed E-state index contributed by atoms with van der Waals surface area (Å²) < 4.78 is 1.64. The minimum Gasteiger partial charge on any atom is -0.346 e. The molecule has 1 unspecified atom stereocenters. The van der Waals surface area contributed by atoms with Crippen LogP contribution in [0.5, 0.6) is 0 Å². The van der Waals surface area contributed by atoms with Crippen molar-refractivity contribution in [2.75, 3.05) is 0 Å². The Hall–Kier alpha value is -3.50. The van der Waals surface area contributed by atoms with Crippen molar-refractivity contribution in [2.24, 2.45) is 5.92 Å². The highest BCUT2D eigenvalue weighted by molar-refractivity contribution is 5.87. The molecule has 3 heterocycles. The van der Waals surface area contributed by atoms with E-state index in [4.69, 9.17) is 5.26 Å². The van der Waals surface area contributed by atoms with Crippen molar-refractivity contribution >= 4 is 21.9 Å². The lowest BCUT2D eigenvalue weighted by Gasteiger charge is -2.33. The molecular formula is C23H22N6O. The third kappa shape index (κ3) is 3.25. The number of aromatic nitrogens is 4. The van der Waals surface area contributed by atoms with Crippen molar-refractivity contribution in [3.05, 3.63) is 64.8 Å². The van der Waals surface area contributed by atoms with Crippen molar-refractivity contribution < 1.29 is 0 Å². The first-order valence-electron chi connectivity index (χ1n) is 10.3. The minimum absolute atomic E-state index is 0.131. The second kappa shape index (κ2) is 7.73. The van der Waals surface area contributed by atoms with Crippen LogP contribution in [-0.2, 0) is 6.54 Å². The SMILES string of the molecule is N#CCC(NCc1ccc2c(ccc(=O)n2-c2ncnc3[nH]ccc23)c1)C1CCC1. The lowest BCUT2D eigenvalue weighted by Crippen LogP contribution is -2.38. The number of aromatic amines is 1. The third-order valence-corrected chi connectivity index (χ3v) is 6.10. The molecule has 2 N–H and O–H groups in total. The Bertz CT molecular complexity index is 1310. The zero-order valence-electron chi connectivity index (χ0n) is 16.5. The Morgan fingerprint density at radius 2 is 2.13 bits per heavy atom. The zero-order chi connectivity index (χ0) is 20.5. The molecule has 1 aliphatic carbocycles. The number of nitriles is 1. The molecule has 150 valence electrons. The fraction of sp³-hybridized carbons (Fsp3) is 0.304. The summed E-state index contributed by atoms with van der Waals surface area (Å²) in [6.45, 7) is 0.702. The van der Waals surface area contributed by atoms with Crippen LogP contribution in [0.25, 0.3) is 27.8 Å². The molecule has 7 nitrogen and oxygen atoms in total. The van der Waals surface area contributed by atoms with Gasteiger partial charge in [0.2, 0.25) is 0 Å². The Morgan fingerprint density at radius 1 is 1.23 bits per heavy atom. The monoisotopic (exact) mass is 398 g/mol. The van der Waals surface area contributed by atoms with Gasteiger partial charge in [0.1, 0.15) is 12.0 Å². The largest absolute Gasteiger partial charge is 0.346 e. The van der Waals surface area contributed by atoms with Crippen LogP contribution in [0.3, 0.4) is 0 Å². The van der Waals surface area contributed by atoms with Gasteiger partial charge in [0.15, 0.2) is 5.82 Å². The van der Waals surface area contributed by atoms with Gasteiger partial charge < -0.3 is 10.3 Å². The minimum atomic E-state index is -0.131. The molecule has 5 rings (SSSR count). The van der Waals surface area contributed by atoms with Gasteiger partial charge in [-0.2, -0.15) is 5.26 Å². The maximum absolute atomic E-state index is 12.7. The molecule has 4 aromatic rings. The van der Waals surface area contributed by atoms with Crippen molar-refractivity contribution in [1.82, 2.24) is 24.8 Å². The lowest BCUT2D eigenvalue weighted by molar-refractivity contribution is 0.229. The molecule has 7 heteroatoms. The average molecular weight is 398 g/mol. The molecule has 1 atom stereocenters. The quantitative estimate of drug-likeness (QED) is 0.518. The number of hydrogen-bond donors (Lipinski definition) is 2. The van der Waals surface area contributed by atoms with Gasteiger partial charge in [0.25, 0.3) is 5.56 Å². The molecule has 0 bridgehead atoms.